The molecule has 2 amide bonds. The fourth-order valence-corrected chi connectivity index (χ4v) is 4.24. The van der Waals surface area contributed by atoms with Crippen molar-refractivity contribution in [3.63, 3.8) is 0 Å². The Balaban J connectivity index is 1.84. The highest BCUT2D eigenvalue weighted by molar-refractivity contribution is 8.18. The fraction of sp³-hybridized carbons (Fsp3) is 0.0556. The Kier molecular flexibility index (Phi) is 3.70. The van der Waals surface area contributed by atoms with Crippen LogP contribution >= 0.6 is 23.1 Å². The summed E-state index contributed by atoms with van der Waals surface area (Å²) in [4.78, 5) is 29.0. The maximum Gasteiger partial charge on any atom is 0.290 e. The molecule has 0 atom stereocenters. The number of hydrogen-bond donors (Lipinski definition) is 1. The average Bonchev–Trinajstić information content (AvgIpc) is 3.12. The minimum Gasteiger partial charge on any atom is -0.282 e. The number of benzene rings is 1. The molecule has 3 heterocycles. The summed E-state index contributed by atoms with van der Waals surface area (Å²) < 4.78 is 0. The first-order valence-electron chi connectivity index (χ1n) is 7.29. The molecule has 0 aliphatic carbocycles. The molecule has 0 radical (unpaired) electrons. The minimum atomic E-state index is -0.342. The molecule has 2 aromatic heterocycles. The number of hydrogen-bond acceptors (Lipinski definition) is 5. The number of aromatic nitrogens is 1. The van der Waals surface area contributed by atoms with E-state index in [0.29, 0.717) is 4.91 Å². The molecule has 3 aromatic rings. The van der Waals surface area contributed by atoms with Crippen LogP contribution in [0.4, 0.5) is 4.79 Å². The maximum absolute atomic E-state index is 11.7. The number of nitrogens with zero attached hydrogens (tertiary/aromatic N) is 1. The van der Waals surface area contributed by atoms with Crippen molar-refractivity contribution in [1.82, 2.24) is 10.3 Å². The van der Waals surface area contributed by atoms with E-state index in [4.69, 9.17) is 0 Å². The number of imide groups is 1. The van der Waals surface area contributed by atoms with Gasteiger partial charge in [0.05, 0.1) is 10.4 Å². The molecule has 1 fully saturated rings. The van der Waals surface area contributed by atoms with Crippen LogP contribution in [0.2, 0.25) is 0 Å². The number of amides is 2. The molecule has 1 N–H and O–H groups in total. The lowest BCUT2D eigenvalue weighted by atomic mass is 10.0. The Labute approximate surface area is 146 Å². The van der Waals surface area contributed by atoms with Crippen molar-refractivity contribution in [3.8, 4) is 10.4 Å². The summed E-state index contributed by atoms with van der Waals surface area (Å²) in [6.45, 7) is 2.08. The second-order valence-corrected chi connectivity index (χ2v) is 7.40. The van der Waals surface area contributed by atoms with E-state index in [9.17, 15) is 9.59 Å². The van der Waals surface area contributed by atoms with Gasteiger partial charge >= 0.3 is 0 Å². The second-order valence-electron chi connectivity index (χ2n) is 5.48. The van der Waals surface area contributed by atoms with Crippen molar-refractivity contribution in [2.75, 3.05) is 0 Å². The molecule has 1 aliphatic rings. The van der Waals surface area contributed by atoms with E-state index in [1.54, 1.807) is 17.4 Å². The van der Waals surface area contributed by atoms with Crippen LogP contribution in [0.25, 0.3) is 27.4 Å². The molecular weight excluding hydrogens is 340 g/mol. The van der Waals surface area contributed by atoms with Crippen molar-refractivity contribution in [1.29, 1.82) is 0 Å². The van der Waals surface area contributed by atoms with Crippen LogP contribution in [-0.4, -0.2) is 16.1 Å². The molecule has 0 bridgehead atoms. The van der Waals surface area contributed by atoms with E-state index < -0.39 is 0 Å². The Bertz CT molecular complexity index is 1020. The predicted molar refractivity (Wildman–Crippen MR) is 98.9 cm³/mol. The highest BCUT2D eigenvalue weighted by atomic mass is 32.2. The molecule has 1 aliphatic heterocycles. The number of aryl methyl sites for hydroxylation is 1. The van der Waals surface area contributed by atoms with E-state index in [0.717, 1.165) is 33.8 Å². The molecule has 118 valence electrons. The van der Waals surface area contributed by atoms with Crippen LogP contribution in [0.5, 0.6) is 0 Å². The van der Waals surface area contributed by atoms with Gasteiger partial charge in [0.2, 0.25) is 0 Å². The fourth-order valence-electron chi connectivity index (χ4n) is 2.61. The van der Waals surface area contributed by atoms with Gasteiger partial charge in [-0.2, -0.15) is 0 Å². The monoisotopic (exact) mass is 352 g/mol. The topological polar surface area (TPSA) is 59.1 Å². The van der Waals surface area contributed by atoms with E-state index in [2.05, 4.69) is 28.7 Å². The van der Waals surface area contributed by atoms with Gasteiger partial charge in [-0.15, -0.1) is 11.3 Å². The Morgan fingerprint density at radius 2 is 2.04 bits per heavy atom. The van der Waals surface area contributed by atoms with Gasteiger partial charge in [-0.05, 0) is 65.5 Å². The zero-order valence-electron chi connectivity index (χ0n) is 12.7. The lowest BCUT2D eigenvalue weighted by Crippen LogP contribution is -2.17. The first-order valence-corrected chi connectivity index (χ1v) is 8.99. The molecule has 4 rings (SSSR count). The molecule has 0 spiro atoms. The van der Waals surface area contributed by atoms with Crippen molar-refractivity contribution < 1.29 is 9.59 Å². The quantitative estimate of drug-likeness (QED) is 0.685. The Morgan fingerprint density at radius 1 is 1.17 bits per heavy atom. The summed E-state index contributed by atoms with van der Waals surface area (Å²) in [5.41, 5.74) is 4.13. The third-order valence-electron chi connectivity index (χ3n) is 3.70. The lowest BCUT2D eigenvalue weighted by Gasteiger charge is -2.05. The largest absolute Gasteiger partial charge is 0.290 e. The number of fused-ring (bicyclic) bond motifs is 1. The third-order valence-corrected chi connectivity index (χ3v) is 5.59. The molecule has 1 saturated heterocycles. The van der Waals surface area contributed by atoms with Gasteiger partial charge in [0.15, 0.2) is 0 Å². The average molecular weight is 352 g/mol. The van der Waals surface area contributed by atoms with Gasteiger partial charge < -0.3 is 0 Å². The molecule has 4 nitrogen and oxygen atoms in total. The van der Waals surface area contributed by atoms with Gasteiger partial charge in [0.25, 0.3) is 11.1 Å². The van der Waals surface area contributed by atoms with Crippen LogP contribution in [-0.2, 0) is 4.79 Å². The van der Waals surface area contributed by atoms with Gasteiger partial charge in [0, 0.05) is 22.0 Å². The Hall–Kier alpha value is -2.44. The second kappa shape index (κ2) is 5.89. The third kappa shape index (κ3) is 2.74. The van der Waals surface area contributed by atoms with Crippen LogP contribution in [0.1, 0.15) is 11.1 Å². The smallest absolute Gasteiger partial charge is 0.282 e. The summed E-state index contributed by atoms with van der Waals surface area (Å²) in [5, 5.41) is 5.09. The van der Waals surface area contributed by atoms with Crippen molar-refractivity contribution in [2.24, 2.45) is 0 Å². The first kappa shape index (κ1) is 15.1. The molecule has 1 aromatic carbocycles. The van der Waals surface area contributed by atoms with Crippen LogP contribution in [0, 0.1) is 6.92 Å². The summed E-state index contributed by atoms with van der Waals surface area (Å²) in [5.74, 6) is -0.342. The van der Waals surface area contributed by atoms with Gasteiger partial charge in [-0.3, -0.25) is 19.9 Å². The summed E-state index contributed by atoms with van der Waals surface area (Å²) in [6, 6.07) is 10.0. The van der Waals surface area contributed by atoms with E-state index in [-0.39, 0.29) is 11.1 Å². The van der Waals surface area contributed by atoms with Crippen molar-refractivity contribution in [2.45, 2.75) is 6.92 Å². The van der Waals surface area contributed by atoms with Crippen molar-refractivity contribution >= 4 is 51.2 Å². The predicted octanol–water partition coefficient (Wildman–Crippen LogP) is 4.60. The number of carbonyl (C=O) groups is 2. The maximum atomic E-state index is 11.7. The molecular formula is C18H12N2O2S2. The van der Waals surface area contributed by atoms with Crippen LogP contribution in [0.15, 0.2) is 46.8 Å². The number of thioether (sulfide) groups is 1. The summed E-state index contributed by atoms with van der Waals surface area (Å²) in [7, 11) is 0. The number of rotatable bonds is 2. The highest BCUT2D eigenvalue weighted by Crippen LogP contribution is 2.33. The highest BCUT2D eigenvalue weighted by Gasteiger charge is 2.24. The van der Waals surface area contributed by atoms with Gasteiger partial charge in [0.1, 0.15) is 0 Å². The normalized spacial score (nSPS) is 16.1. The summed E-state index contributed by atoms with van der Waals surface area (Å²) in [6.07, 6.45) is 3.55. The van der Waals surface area contributed by atoms with Gasteiger partial charge in [-0.1, -0.05) is 6.07 Å². The molecule has 0 unspecified atom stereocenters. The lowest BCUT2D eigenvalue weighted by molar-refractivity contribution is -0.115. The van der Waals surface area contributed by atoms with Crippen LogP contribution < -0.4 is 5.32 Å². The number of thiophene rings is 1. The first-order chi connectivity index (χ1) is 11.6. The zero-order chi connectivity index (χ0) is 16.7. The van der Waals surface area contributed by atoms with Gasteiger partial charge in [-0.25, -0.2) is 0 Å². The molecule has 24 heavy (non-hydrogen) atoms. The van der Waals surface area contributed by atoms with E-state index in [1.165, 1.54) is 10.4 Å². The number of pyridine rings is 1. The number of nitrogens with one attached hydrogen (secondary N) is 1. The SMILES string of the molecule is Cc1csc(-c2ccnc3ccc(/C=C4/SC(=O)NC4=O)cc23)c1. The minimum absolute atomic E-state index is 0.330. The molecule has 0 saturated carbocycles. The van der Waals surface area contributed by atoms with E-state index in [1.807, 2.05) is 30.5 Å². The van der Waals surface area contributed by atoms with Crippen LogP contribution in [0.3, 0.4) is 0 Å². The molecule has 6 heteroatoms. The standard InChI is InChI=1S/C18H12N2O2S2/c1-10-6-15(23-9-10)12-4-5-19-14-3-2-11(7-13(12)14)8-16-17(21)20-18(22)24-16/h2-9H,1H3,(H,20,21,22)/b16-8+. The zero-order valence-corrected chi connectivity index (χ0v) is 14.3. The Morgan fingerprint density at radius 3 is 2.75 bits per heavy atom. The van der Waals surface area contributed by atoms with E-state index >= 15 is 0 Å². The van der Waals surface area contributed by atoms with Crippen molar-refractivity contribution in [3.05, 3.63) is 57.9 Å². The summed E-state index contributed by atoms with van der Waals surface area (Å²) >= 11 is 2.63. The number of carbonyl (C=O) groups excluding carboxylic acids is 2.